The Morgan fingerprint density at radius 2 is 1.93 bits per heavy atom. The van der Waals surface area contributed by atoms with Gasteiger partial charge in [-0.1, -0.05) is 12.1 Å². The summed E-state index contributed by atoms with van der Waals surface area (Å²) in [6, 6.07) is 0. The number of hydrogen-bond donors (Lipinski definition) is 1. The van der Waals surface area contributed by atoms with Crippen molar-refractivity contribution < 1.29 is 14.8 Å². The molecule has 1 aliphatic rings. The predicted octanol–water partition coefficient (Wildman–Crippen LogP) is 1.66. The van der Waals surface area contributed by atoms with Gasteiger partial charge in [0, 0.05) is 17.8 Å². The molecule has 3 atom stereocenters. The van der Waals surface area contributed by atoms with Crippen LogP contribution in [-0.4, -0.2) is 22.5 Å². The van der Waals surface area contributed by atoms with Crippen molar-refractivity contribution in [1.82, 2.24) is 0 Å². The zero-order chi connectivity index (χ0) is 11.6. The van der Waals surface area contributed by atoms with Crippen molar-refractivity contribution in [3.8, 4) is 0 Å². The van der Waals surface area contributed by atoms with E-state index >= 15 is 0 Å². The van der Waals surface area contributed by atoms with E-state index in [1.54, 1.807) is 0 Å². The van der Waals surface area contributed by atoms with Crippen LogP contribution in [0.15, 0.2) is 5.16 Å². The van der Waals surface area contributed by atoms with Crippen LogP contribution in [0.1, 0.15) is 33.6 Å². The summed E-state index contributed by atoms with van der Waals surface area (Å²) in [7, 11) is 0. The van der Waals surface area contributed by atoms with Crippen LogP contribution in [0.2, 0.25) is 0 Å². The molecule has 0 saturated heterocycles. The number of ketones is 2. The second kappa shape index (κ2) is 4.55. The SMILES string of the molecule is CC(=O)[C@@H]1C/C(=N\O)C(C)[C@@H](C(C)=O)C1. The highest BCUT2D eigenvalue weighted by Crippen LogP contribution is 2.33. The molecular weight excluding hydrogens is 194 g/mol. The number of nitrogens with zero attached hydrogens (tertiary/aromatic N) is 1. The maximum absolute atomic E-state index is 11.4. The van der Waals surface area contributed by atoms with Crippen LogP contribution in [0.25, 0.3) is 0 Å². The third-order valence-corrected chi connectivity index (χ3v) is 3.35. The molecule has 0 aromatic rings. The lowest BCUT2D eigenvalue weighted by Crippen LogP contribution is -2.37. The molecule has 15 heavy (non-hydrogen) atoms. The molecule has 1 N–H and O–H groups in total. The van der Waals surface area contributed by atoms with Gasteiger partial charge in [-0.2, -0.15) is 0 Å². The molecule has 84 valence electrons. The second-order valence-electron chi connectivity index (χ2n) is 4.34. The summed E-state index contributed by atoms with van der Waals surface area (Å²) < 4.78 is 0. The number of carbonyl (C=O) groups is 2. The van der Waals surface area contributed by atoms with Crippen molar-refractivity contribution >= 4 is 17.3 Å². The van der Waals surface area contributed by atoms with E-state index in [1.165, 1.54) is 13.8 Å². The molecule has 0 radical (unpaired) electrons. The number of carbonyl (C=O) groups excluding carboxylic acids is 2. The van der Waals surface area contributed by atoms with E-state index in [2.05, 4.69) is 5.16 Å². The lowest BCUT2D eigenvalue weighted by Gasteiger charge is -2.32. The zero-order valence-electron chi connectivity index (χ0n) is 9.36. The Kier molecular flexibility index (Phi) is 3.61. The van der Waals surface area contributed by atoms with Crippen LogP contribution in [0.3, 0.4) is 0 Å². The Morgan fingerprint density at radius 3 is 2.33 bits per heavy atom. The van der Waals surface area contributed by atoms with Gasteiger partial charge in [0.1, 0.15) is 11.6 Å². The molecular formula is C11H17NO3. The maximum atomic E-state index is 11.4. The third-order valence-electron chi connectivity index (χ3n) is 3.35. The van der Waals surface area contributed by atoms with Crippen molar-refractivity contribution in [1.29, 1.82) is 0 Å². The van der Waals surface area contributed by atoms with Crippen LogP contribution in [0.4, 0.5) is 0 Å². The van der Waals surface area contributed by atoms with Gasteiger partial charge in [0.05, 0.1) is 5.71 Å². The fourth-order valence-electron chi connectivity index (χ4n) is 2.22. The van der Waals surface area contributed by atoms with Gasteiger partial charge in [0.15, 0.2) is 0 Å². The average Bonchev–Trinajstić information content (AvgIpc) is 2.17. The summed E-state index contributed by atoms with van der Waals surface area (Å²) >= 11 is 0. The van der Waals surface area contributed by atoms with Crippen LogP contribution in [0.5, 0.6) is 0 Å². The number of hydrogen-bond acceptors (Lipinski definition) is 4. The molecule has 0 amide bonds. The third kappa shape index (κ3) is 2.43. The topological polar surface area (TPSA) is 66.7 Å². The first-order valence-electron chi connectivity index (χ1n) is 5.19. The molecule has 1 unspecified atom stereocenters. The molecule has 1 fully saturated rings. The largest absolute Gasteiger partial charge is 0.411 e. The smallest absolute Gasteiger partial charge is 0.133 e. The lowest BCUT2D eigenvalue weighted by molar-refractivity contribution is -0.125. The number of oxime groups is 1. The predicted molar refractivity (Wildman–Crippen MR) is 56.0 cm³/mol. The van der Waals surface area contributed by atoms with Crippen molar-refractivity contribution in [2.75, 3.05) is 0 Å². The molecule has 4 heteroatoms. The van der Waals surface area contributed by atoms with E-state index < -0.39 is 0 Å². The maximum Gasteiger partial charge on any atom is 0.133 e. The van der Waals surface area contributed by atoms with Gasteiger partial charge >= 0.3 is 0 Å². The lowest BCUT2D eigenvalue weighted by atomic mass is 9.71. The molecule has 0 bridgehead atoms. The Bertz CT molecular complexity index is 309. The molecule has 0 heterocycles. The van der Waals surface area contributed by atoms with Crippen molar-refractivity contribution in [3.63, 3.8) is 0 Å². The minimum Gasteiger partial charge on any atom is -0.411 e. The van der Waals surface area contributed by atoms with E-state index in [0.29, 0.717) is 18.6 Å². The van der Waals surface area contributed by atoms with E-state index in [4.69, 9.17) is 5.21 Å². The molecule has 1 saturated carbocycles. The molecule has 0 aromatic heterocycles. The van der Waals surface area contributed by atoms with Gasteiger partial charge in [-0.25, -0.2) is 0 Å². The molecule has 0 aliphatic heterocycles. The van der Waals surface area contributed by atoms with Crippen molar-refractivity contribution in [2.24, 2.45) is 22.9 Å². The van der Waals surface area contributed by atoms with Crippen LogP contribution in [-0.2, 0) is 9.59 Å². The van der Waals surface area contributed by atoms with Gasteiger partial charge < -0.3 is 5.21 Å². The van der Waals surface area contributed by atoms with Crippen LogP contribution < -0.4 is 0 Å². The molecule has 0 aromatic carbocycles. The Morgan fingerprint density at radius 1 is 1.33 bits per heavy atom. The molecule has 4 nitrogen and oxygen atoms in total. The minimum absolute atomic E-state index is 0.0527. The van der Waals surface area contributed by atoms with Gasteiger partial charge in [-0.05, 0) is 26.7 Å². The number of Topliss-reactive ketones (excluding diaryl/α,β-unsaturated/α-hetero) is 2. The summed E-state index contributed by atoms with van der Waals surface area (Å²) in [6.07, 6.45) is 1.07. The Balaban J connectivity index is 2.91. The van der Waals surface area contributed by atoms with Crippen LogP contribution >= 0.6 is 0 Å². The first-order chi connectivity index (χ1) is 6.97. The quantitative estimate of drug-likeness (QED) is 0.558. The molecule has 1 aliphatic carbocycles. The van der Waals surface area contributed by atoms with Gasteiger partial charge in [-0.15, -0.1) is 0 Å². The first kappa shape index (κ1) is 11.9. The highest BCUT2D eigenvalue weighted by Gasteiger charge is 2.36. The average molecular weight is 211 g/mol. The summed E-state index contributed by atoms with van der Waals surface area (Å²) in [5, 5.41) is 12.0. The van der Waals surface area contributed by atoms with E-state index in [9.17, 15) is 9.59 Å². The first-order valence-corrected chi connectivity index (χ1v) is 5.19. The highest BCUT2D eigenvalue weighted by molar-refractivity contribution is 5.96. The summed E-state index contributed by atoms with van der Waals surface area (Å²) in [5.41, 5.74) is 0.571. The highest BCUT2D eigenvalue weighted by atomic mass is 16.4. The molecule has 1 rings (SSSR count). The van der Waals surface area contributed by atoms with Gasteiger partial charge in [0.25, 0.3) is 0 Å². The standard InChI is InChI=1S/C11H17NO3/c1-6-10(8(3)14)4-9(7(2)13)5-11(6)12-15/h6,9-10,15H,4-5H2,1-3H3/b12-11+/t6?,9-,10-/m0/s1. The summed E-state index contributed by atoms with van der Waals surface area (Å²) in [6.45, 7) is 4.92. The fourth-order valence-corrected chi connectivity index (χ4v) is 2.22. The van der Waals surface area contributed by atoms with Gasteiger partial charge in [-0.3, -0.25) is 9.59 Å². The Hall–Kier alpha value is -1.19. The minimum atomic E-state index is -0.182. The van der Waals surface area contributed by atoms with Crippen molar-refractivity contribution in [2.45, 2.75) is 33.6 Å². The number of rotatable bonds is 2. The Labute approximate surface area is 89.3 Å². The van der Waals surface area contributed by atoms with Crippen LogP contribution in [0, 0.1) is 17.8 Å². The monoisotopic (exact) mass is 211 g/mol. The van der Waals surface area contributed by atoms with Crippen molar-refractivity contribution in [3.05, 3.63) is 0 Å². The van der Waals surface area contributed by atoms with E-state index in [0.717, 1.165) is 0 Å². The summed E-state index contributed by atoms with van der Waals surface area (Å²) in [5.74, 6) is -0.272. The normalized spacial score (nSPS) is 34.1. The zero-order valence-corrected chi connectivity index (χ0v) is 9.36. The second-order valence-corrected chi connectivity index (χ2v) is 4.34. The summed E-state index contributed by atoms with van der Waals surface area (Å²) in [4.78, 5) is 22.7. The fraction of sp³-hybridized carbons (Fsp3) is 0.727. The van der Waals surface area contributed by atoms with E-state index in [1.807, 2.05) is 6.92 Å². The van der Waals surface area contributed by atoms with E-state index in [-0.39, 0.29) is 29.3 Å². The molecule has 0 spiro atoms. The van der Waals surface area contributed by atoms with Gasteiger partial charge in [0.2, 0.25) is 0 Å².